The van der Waals surface area contributed by atoms with Crippen LogP contribution in [0.25, 0.3) is 27.5 Å². The van der Waals surface area contributed by atoms with E-state index in [0.717, 1.165) is 24.2 Å². The molecule has 0 heterocycles. The Kier molecular flexibility index (Phi) is 10.4. The molecule has 0 fully saturated rings. The fraction of sp³-hybridized carbons (Fsp3) is 0.220. The molecule has 0 aromatic heterocycles. The average molecular weight is 795 g/mol. The van der Waals surface area contributed by atoms with Gasteiger partial charge in [-0.25, -0.2) is 0 Å². The normalized spacial score (nSPS) is 16.1. The number of rotatable bonds is 8. The van der Waals surface area contributed by atoms with Crippen molar-refractivity contribution in [2.45, 2.75) is 85.1 Å². The van der Waals surface area contributed by atoms with Crippen LogP contribution in [0.15, 0.2) is 193 Å². The minimum atomic E-state index is -0.229. The van der Waals surface area contributed by atoms with Crippen LogP contribution in [0.2, 0.25) is 0 Å². The van der Waals surface area contributed by atoms with Gasteiger partial charge in [-0.2, -0.15) is 0 Å². The van der Waals surface area contributed by atoms with Crippen molar-refractivity contribution in [3.63, 3.8) is 0 Å². The molecule has 1 unspecified atom stereocenters. The fourth-order valence-corrected chi connectivity index (χ4v) is 10.4. The Morgan fingerprint density at radius 3 is 1.51 bits per heavy atom. The summed E-state index contributed by atoms with van der Waals surface area (Å²) in [7, 11) is 0. The molecule has 0 radical (unpaired) electrons. The summed E-state index contributed by atoms with van der Waals surface area (Å²) in [6.45, 7) is 18.6. The molecule has 3 aliphatic carbocycles. The molecule has 61 heavy (non-hydrogen) atoms. The molecule has 10 rings (SSSR count). The fourth-order valence-electron chi connectivity index (χ4n) is 10.4. The van der Waals surface area contributed by atoms with Gasteiger partial charge in [0.2, 0.25) is 0 Å². The van der Waals surface area contributed by atoms with Crippen LogP contribution in [-0.4, -0.2) is 6.04 Å². The highest BCUT2D eigenvalue weighted by molar-refractivity contribution is 6.10. The summed E-state index contributed by atoms with van der Waals surface area (Å²) in [6, 6.07) is 60.3. The Labute approximate surface area is 364 Å². The maximum atomic E-state index is 2.60. The van der Waals surface area contributed by atoms with Gasteiger partial charge in [-0.3, -0.25) is 0 Å². The van der Waals surface area contributed by atoms with Crippen molar-refractivity contribution < 1.29 is 0 Å². The van der Waals surface area contributed by atoms with Crippen LogP contribution in [0.1, 0.15) is 90.5 Å². The topological polar surface area (TPSA) is 6.48 Å². The van der Waals surface area contributed by atoms with E-state index in [2.05, 4.69) is 227 Å². The monoisotopic (exact) mass is 794 g/mol. The van der Waals surface area contributed by atoms with Crippen LogP contribution >= 0.6 is 0 Å². The minimum absolute atomic E-state index is 0.121. The van der Waals surface area contributed by atoms with Gasteiger partial charge in [0.1, 0.15) is 0 Å². The Bertz CT molecular complexity index is 2750. The summed E-state index contributed by atoms with van der Waals surface area (Å²) in [6.07, 6.45) is 7.16. The van der Waals surface area contributed by atoms with Crippen molar-refractivity contribution in [2.75, 3.05) is 9.80 Å². The van der Waals surface area contributed by atoms with E-state index in [-0.39, 0.29) is 16.9 Å². The number of nitrogens with zero attached hydrogens (tertiary/aromatic N) is 2. The zero-order valence-corrected chi connectivity index (χ0v) is 37.1. The van der Waals surface area contributed by atoms with E-state index < -0.39 is 0 Å². The molecule has 2 heteroatoms. The van der Waals surface area contributed by atoms with E-state index in [1.807, 2.05) is 13.8 Å². The summed E-state index contributed by atoms with van der Waals surface area (Å²) in [4.78, 5) is 4.95. The van der Waals surface area contributed by atoms with Crippen LogP contribution in [0.5, 0.6) is 0 Å². The number of hydrogen-bond donors (Lipinski definition) is 0. The van der Waals surface area contributed by atoms with Gasteiger partial charge in [-0.1, -0.05) is 156 Å². The lowest BCUT2D eigenvalue weighted by atomic mass is 9.78. The first-order valence-corrected chi connectivity index (χ1v) is 22.3. The van der Waals surface area contributed by atoms with Crippen LogP contribution in [0, 0.1) is 0 Å². The Morgan fingerprint density at radius 1 is 0.492 bits per heavy atom. The van der Waals surface area contributed by atoms with Crippen molar-refractivity contribution in [2.24, 2.45) is 0 Å². The zero-order valence-electron chi connectivity index (χ0n) is 37.1. The largest absolute Gasteiger partial charge is 0.334 e. The number of para-hydroxylation sites is 4. The summed E-state index contributed by atoms with van der Waals surface area (Å²) in [5.74, 6) is 0. The number of fused-ring (bicyclic) bond motifs is 6. The van der Waals surface area contributed by atoms with Gasteiger partial charge in [-0.15, -0.1) is 0 Å². The van der Waals surface area contributed by atoms with E-state index >= 15 is 0 Å². The van der Waals surface area contributed by atoms with Crippen molar-refractivity contribution >= 4 is 44.8 Å². The lowest BCUT2D eigenvalue weighted by Gasteiger charge is -2.36. The predicted octanol–water partition coefficient (Wildman–Crippen LogP) is 16.6. The summed E-state index contributed by atoms with van der Waals surface area (Å²) in [5, 5.41) is 2.56. The van der Waals surface area contributed by atoms with Gasteiger partial charge < -0.3 is 9.80 Å². The molecule has 7 aromatic carbocycles. The van der Waals surface area contributed by atoms with Gasteiger partial charge in [0.15, 0.2) is 0 Å². The van der Waals surface area contributed by atoms with Crippen LogP contribution in [0.3, 0.4) is 0 Å². The second-order valence-corrected chi connectivity index (χ2v) is 17.6. The third-order valence-electron chi connectivity index (χ3n) is 13.7. The highest BCUT2D eigenvalue weighted by Gasteiger charge is 2.44. The van der Waals surface area contributed by atoms with E-state index in [4.69, 9.17) is 0 Å². The molecule has 1 atom stereocenters. The Morgan fingerprint density at radius 2 is 0.951 bits per heavy atom. The summed E-state index contributed by atoms with van der Waals surface area (Å²) >= 11 is 0. The van der Waals surface area contributed by atoms with Crippen molar-refractivity contribution in [3.05, 3.63) is 215 Å². The third-order valence-corrected chi connectivity index (χ3v) is 13.7. The van der Waals surface area contributed by atoms with Gasteiger partial charge in [0.25, 0.3) is 0 Å². The van der Waals surface area contributed by atoms with E-state index in [1.165, 1.54) is 83.5 Å². The maximum absolute atomic E-state index is 2.60. The molecule has 0 aliphatic heterocycles. The maximum Gasteiger partial charge on any atom is 0.0566 e. The molecule has 2 nitrogen and oxygen atoms in total. The molecular weight excluding hydrogens is 737 g/mol. The molecule has 0 saturated heterocycles. The number of allylic oxidation sites excluding steroid dienone is 4. The average Bonchev–Trinajstić information content (AvgIpc) is 3.65. The molecule has 0 spiro atoms. The van der Waals surface area contributed by atoms with Gasteiger partial charge in [0.05, 0.1) is 11.7 Å². The first kappa shape index (κ1) is 40.0. The molecule has 0 saturated carbocycles. The molecule has 0 amide bonds. The van der Waals surface area contributed by atoms with Gasteiger partial charge in [-0.05, 0) is 149 Å². The lowest BCUT2D eigenvalue weighted by molar-refractivity contribution is 0.635. The van der Waals surface area contributed by atoms with Gasteiger partial charge in [0, 0.05) is 39.0 Å². The van der Waals surface area contributed by atoms with E-state index in [0.29, 0.717) is 0 Å². The van der Waals surface area contributed by atoms with E-state index in [1.54, 1.807) is 0 Å². The highest BCUT2D eigenvalue weighted by atomic mass is 15.2. The summed E-state index contributed by atoms with van der Waals surface area (Å²) in [5.41, 5.74) is 19.6. The number of hydrogen-bond acceptors (Lipinski definition) is 2. The number of anilines is 5. The molecule has 0 N–H and O–H groups in total. The van der Waals surface area contributed by atoms with E-state index in [9.17, 15) is 0 Å². The third kappa shape index (κ3) is 6.56. The second kappa shape index (κ2) is 15.9. The van der Waals surface area contributed by atoms with Crippen molar-refractivity contribution in [3.8, 4) is 11.1 Å². The van der Waals surface area contributed by atoms with Crippen LogP contribution in [0.4, 0.5) is 28.4 Å². The lowest BCUT2D eigenvalue weighted by Crippen LogP contribution is -2.31. The first-order valence-electron chi connectivity index (χ1n) is 22.3. The first-order chi connectivity index (χ1) is 29.7. The van der Waals surface area contributed by atoms with Crippen molar-refractivity contribution in [1.82, 2.24) is 0 Å². The van der Waals surface area contributed by atoms with Gasteiger partial charge >= 0.3 is 0 Å². The standard InChI is InChI=1S/C57H52N2.C2H6/c1-38-54(46-33-21-19-31-44(46)39(2)58(40-23-11-7-12-24-40)41-25-13-8-14-26-41)48-35-51-49(36-50(48)56(38,3)4)55-47-34-22-20-32-45(47)53(37-52(55)57(51,5)6)59(42-27-15-9-16-28-42)43-29-17-10-18-30-43;1-2/h7-18,20,22-37,39H,19,21H2,1-6H3;1-2H3. The van der Waals surface area contributed by atoms with Crippen LogP contribution < -0.4 is 9.80 Å². The smallest absolute Gasteiger partial charge is 0.0566 e. The number of benzene rings is 7. The zero-order chi connectivity index (χ0) is 42.5. The quantitative estimate of drug-likeness (QED) is 0.151. The van der Waals surface area contributed by atoms with Crippen LogP contribution in [-0.2, 0) is 10.8 Å². The Balaban J connectivity index is 0.00000235. The molecular formula is C59H58N2. The molecule has 0 bridgehead atoms. The summed E-state index contributed by atoms with van der Waals surface area (Å²) < 4.78 is 0. The predicted molar refractivity (Wildman–Crippen MR) is 263 cm³/mol. The SMILES string of the molecule is CC.CC1=C(C2=CCCC=C2C(C)N(c2ccccc2)c2ccccc2)c2cc3c(cc2C1(C)C)-c1c(cc(N(c2ccccc2)c2ccccc2)c2ccccc12)C3(C)C. The highest BCUT2D eigenvalue weighted by Crippen LogP contribution is 2.59. The second-order valence-electron chi connectivity index (χ2n) is 17.6. The Hall–Kier alpha value is -6.38. The molecule has 7 aromatic rings. The van der Waals surface area contributed by atoms with Crippen molar-refractivity contribution in [1.29, 1.82) is 0 Å². The molecule has 304 valence electrons. The molecule has 3 aliphatic rings. The minimum Gasteiger partial charge on any atom is -0.334 e.